The van der Waals surface area contributed by atoms with Crippen molar-refractivity contribution in [2.75, 3.05) is 66.5 Å². The zero-order valence-electron chi connectivity index (χ0n) is 18.3. The average Bonchev–Trinajstić information content (AvgIpc) is 2.82. The van der Waals surface area contributed by atoms with Gasteiger partial charge in [0.1, 0.15) is 11.7 Å². The van der Waals surface area contributed by atoms with Gasteiger partial charge in [-0.1, -0.05) is 19.1 Å². The molecule has 0 amide bonds. The summed E-state index contributed by atoms with van der Waals surface area (Å²) in [5.41, 5.74) is 3.18. The van der Waals surface area contributed by atoms with Crippen molar-refractivity contribution in [2.24, 2.45) is 9.98 Å². The van der Waals surface area contributed by atoms with Crippen LogP contribution in [0.3, 0.4) is 0 Å². The molecule has 0 radical (unpaired) electrons. The first-order valence-electron chi connectivity index (χ1n) is 10.6. The molecule has 0 unspecified atom stereocenters. The predicted octanol–water partition coefficient (Wildman–Crippen LogP) is 2.44. The second-order valence-electron chi connectivity index (χ2n) is 7.95. The van der Waals surface area contributed by atoms with Crippen molar-refractivity contribution in [2.45, 2.75) is 27.2 Å². The van der Waals surface area contributed by atoms with Gasteiger partial charge in [0.05, 0.1) is 17.0 Å². The Hall–Kier alpha value is -1.92. The number of hydrogen-bond donors (Lipinski definition) is 0. The van der Waals surface area contributed by atoms with Crippen molar-refractivity contribution in [1.82, 2.24) is 19.6 Å². The fraction of sp³-hybridized carbons (Fsp3) is 0.636. The molecule has 3 aliphatic heterocycles. The first-order valence-corrected chi connectivity index (χ1v) is 10.6. The van der Waals surface area contributed by atoms with E-state index in [0.717, 1.165) is 81.8 Å². The molecule has 3 heterocycles. The van der Waals surface area contributed by atoms with Crippen molar-refractivity contribution in [3.8, 4) is 0 Å². The van der Waals surface area contributed by atoms with Crippen molar-refractivity contribution in [3.05, 3.63) is 35.2 Å². The standard InChI is InChI=1S/C22H36N6/c1-6-8-19-21(27-14-10-25(4)11-15-27)23-18(3)20(9-7-2)24-22(19)28-16-12-26(5)13-17-28/h7-9H,6,10-17H2,1-5H3/b9-7-,19-8+. The first kappa shape index (κ1) is 20.8. The molecule has 0 saturated carbocycles. The number of rotatable bonds is 2. The third kappa shape index (κ3) is 4.73. The van der Waals surface area contributed by atoms with E-state index in [1.54, 1.807) is 0 Å². The Bertz CT molecular complexity index is 699. The van der Waals surface area contributed by atoms with E-state index < -0.39 is 0 Å². The number of aliphatic imine (C=N–C) groups is 2. The van der Waals surface area contributed by atoms with E-state index >= 15 is 0 Å². The largest absolute Gasteiger partial charge is 0.353 e. The molecule has 0 atom stereocenters. The lowest BCUT2D eigenvalue weighted by Gasteiger charge is -2.38. The molecule has 0 aromatic heterocycles. The molecule has 6 heteroatoms. The summed E-state index contributed by atoms with van der Waals surface area (Å²) in [7, 11) is 4.39. The molecule has 2 saturated heterocycles. The molecule has 0 aliphatic carbocycles. The van der Waals surface area contributed by atoms with Gasteiger partial charge in [-0.15, -0.1) is 0 Å². The van der Waals surface area contributed by atoms with Crippen LogP contribution in [0.4, 0.5) is 0 Å². The average molecular weight is 385 g/mol. The van der Waals surface area contributed by atoms with Gasteiger partial charge in [-0.05, 0) is 40.4 Å². The number of likely N-dealkylation sites (N-methyl/N-ethyl adjacent to an activating group) is 2. The van der Waals surface area contributed by atoms with Gasteiger partial charge in [0.15, 0.2) is 0 Å². The predicted molar refractivity (Wildman–Crippen MR) is 119 cm³/mol. The third-order valence-electron chi connectivity index (χ3n) is 5.69. The Labute approximate surface area is 170 Å². The Morgan fingerprint density at radius 1 is 0.821 bits per heavy atom. The summed E-state index contributed by atoms with van der Waals surface area (Å²) in [5.74, 6) is 2.20. The molecule has 0 aromatic carbocycles. The quantitative estimate of drug-likeness (QED) is 0.733. The lowest BCUT2D eigenvalue weighted by molar-refractivity contribution is 0.212. The number of nitrogens with zero attached hydrogens (tertiary/aromatic N) is 6. The maximum Gasteiger partial charge on any atom is 0.140 e. The molecule has 3 rings (SSSR count). The molecule has 3 aliphatic rings. The van der Waals surface area contributed by atoms with E-state index in [1.807, 2.05) is 6.92 Å². The number of hydrogen-bond acceptors (Lipinski definition) is 6. The summed E-state index contributed by atoms with van der Waals surface area (Å²) in [6, 6.07) is 0. The maximum atomic E-state index is 5.15. The van der Waals surface area contributed by atoms with Crippen molar-refractivity contribution < 1.29 is 0 Å². The van der Waals surface area contributed by atoms with Gasteiger partial charge in [0, 0.05) is 52.4 Å². The second-order valence-corrected chi connectivity index (χ2v) is 7.95. The summed E-state index contributed by atoms with van der Waals surface area (Å²) in [5, 5.41) is 0. The van der Waals surface area contributed by atoms with Crippen LogP contribution in [-0.4, -0.2) is 97.7 Å². The van der Waals surface area contributed by atoms with Gasteiger partial charge >= 0.3 is 0 Å². The molecule has 154 valence electrons. The maximum absolute atomic E-state index is 5.15. The zero-order chi connectivity index (χ0) is 20.1. The summed E-state index contributed by atoms with van der Waals surface area (Å²) < 4.78 is 0. The van der Waals surface area contributed by atoms with Crippen LogP contribution in [0.25, 0.3) is 0 Å². The molecule has 0 aromatic rings. The van der Waals surface area contributed by atoms with Crippen LogP contribution in [0.15, 0.2) is 45.2 Å². The monoisotopic (exact) mass is 384 g/mol. The fourth-order valence-corrected chi connectivity index (χ4v) is 3.85. The molecule has 28 heavy (non-hydrogen) atoms. The van der Waals surface area contributed by atoms with Crippen LogP contribution in [0.5, 0.6) is 0 Å². The highest BCUT2D eigenvalue weighted by Crippen LogP contribution is 2.23. The van der Waals surface area contributed by atoms with E-state index in [4.69, 9.17) is 9.98 Å². The fourth-order valence-electron chi connectivity index (χ4n) is 3.85. The zero-order valence-corrected chi connectivity index (χ0v) is 18.3. The van der Waals surface area contributed by atoms with Gasteiger partial charge in [0.25, 0.3) is 0 Å². The van der Waals surface area contributed by atoms with Gasteiger partial charge in [-0.2, -0.15) is 0 Å². The lowest BCUT2D eigenvalue weighted by Crippen LogP contribution is -2.51. The highest BCUT2D eigenvalue weighted by atomic mass is 15.3. The van der Waals surface area contributed by atoms with Crippen LogP contribution >= 0.6 is 0 Å². The highest BCUT2D eigenvalue weighted by Gasteiger charge is 2.29. The summed E-state index contributed by atoms with van der Waals surface area (Å²) >= 11 is 0. The van der Waals surface area contributed by atoms with Gasteiger partial charge in [0.2, 0.25) is 0 Å². The van der Waals surface area contributed by atoms with Crippen LogP contribution in [0.2, 0.25) is 0 Å². The van der Waals surface area contributed by atoms with E-state index in [0.29, 0.717) is 0 Å². The molecule has 0 bridgehead atoms. The smallest absolute Gasteiger partial charge is 0.140 e. The second kappa shape index (κ2) is 9.52. The Balaban J connectivity index is 2.04. The van der Waals surface area contributed by atoms with Crippen LogP contribution in [0.1, 0.15) is 27.2 Å². The molecular weight excluding hydrogens is 348 g/mol. The number of allylic oxidation sites excluding steroid dienone is 4. The number of amidine groups is 2. The topological polar surface area (TPSA) is 37.7 Å². The molecular formula is C22H36N6. The Kier molecular flexibility index (Phi) is 7.08. The Morgan fingerprint density at radius 3 is 1.79 bits per heavy atom. The molecule has 0 spiro atoms. The molecule has 0 N–H and O–H groups in total. The van der Waals surface area contributed by atoms with Crippen molar-refractivity contribution >= 4 is 11.7 Å². The first-order chi connectivity index (χ1) is 13.5. The minimum absolute atomic E-state index is 0.975. The van der Waals surface area contributed by atoms with E-state index in [-0.39, 0.29) is 0 Å². The van der Waals surface area contributed by atoms with E-state index in [2.05, 4.69) is 65.8 Å². The van der Waals surface area contributed by atoms with E-state index in [9.17, 15) is 0 Å². The van der Waals surface area contributed by atoms with Gasteiger partial charge in [-0.25, -0.2) is 9.98 Å². The van der Waals surface area contributed by atoms with Crippen molar-refractivity contribution in [1.29, 1.82) is 0 Å². The lowest BCUT2D eigenvalue weighted by atomic mass is 10.1. The summed E-state index contributed by atoms with van der Waals surface area (Å²) in [6.07, 6.45) is 7.45. The Morgan fingerprint density at radius 2 is 1.32 bits per heavy atom. The minimum Gasteiger partial charge on any atom is -0.353 e. The minimum atomic E-state index is 0.975. The van der Waals surface area contributed by atoms with Gasteiger partial charge < -0.3 is 19.6 Å². The number of piperazine rings is 2. The molecule has 2 fully saturated rings. The van der Waals surface area contributed by atoms with Crippen LogP contribution in [-0.2, 0) is 0 Å². The van der Waals surface area contributed by atoms with Crippen molar-refractivity contribution in [3.63, 3.8) is 0 Å². The van der Waals surface area contributed by atoms with Crippen LogP contribution < -0.4 is 0 Å². The van der Waals surface area contributed by atoms with Gasteiger partial charge in [-0.3, -0.25) is 0 Å². The van der Waals surface area contributed by atoms with Crippen LogP contribution in [0, 0.1) is 0 Å². The molecule has 6 nitrogen and oxygen atoms in total. The summed E-state index contributed by atoms with van der Waals surface area (Å²) in [6.45, 7) is 14.7. The summed E-state index contributed by atoms with van der Waals surface area (Å²) in [4.78, 5) is 20.0. The normalized spacial score (nSPS) is 24.8. The SMILES string of the molecule is C/C=C\C1=C(C)N=C(N2CCN(C)CC2)/C(=C\CC)C(N2CCN(C)CC2)=N1. The highest BCUT2D eigenvalue weighted by molar-refractivity contribution is 6.23. The van der Waals surface area contributed by atoms with E-state index in [1.165, 1.54) is 5.57 Å². The third-order valence-corrected chi connectivity index (χ3v) is 5.69.